The summed E-state index contributed by atoms with van der Waals surface area (Å²) in [4.78, 5) is 0. The van der Waals surface area contributed by atoms with Gasteiger partial charge in [0.2, 0.25) is 0 Å². The van der Waals surface area contributed by atoms with Gasteiger partial charge in [-0.05, 0) is 54.1 Å². The van der Waals surface area contributed by atoms with Gasteiger partial charge in [-0.25, -0.2) is 0 Å². The highest BCUT2D eigenvalue weighted by atomic mass is 79.9. The highest BCUT2D eigenvalue weighted by molar-refractivity contribution is 9.08. The number of halogens is 1. The Labute approximate surface area is 133 Å². The van der Waals surface area contributed by atoms with Gasteiger partial charge in [0.25, 0.3) is 0 Å². The Hall–Kier alpha value is -0.123. The summed E-state index contributed by atoms with van der Waals surface area (Å²) in [6.45, 7) is 11.7. The molecule has 0 bridgehead atoms. The van der Waals surface area contributed by atoms with Crippen molar-refractivity contribution in [2.24, 2.45) is 0 Å². The molecule has 112 valence electrons. The SMILES string of the molecule is CC(C)(C)[Si](C)(C)OC1CCCc2ccc(CBr)cc21. The molecule has 0 saturated carbocycles. The minimum absolute atomic E-state index is 0.275. The summed E-state index contributed by atoms with van der Waals surface area (Å²) in [6, 6.07) is 6.89. The van der Waals surface area contributed by atoms with Crippen LogP contribution in [0.15, 0.2) is 18.2 Å². The van der Waals surface area contributed by atoms with Gasteiger partial charge in [-0.2, -0.15) is 0 Å². The van der Waals surface area contributed by atoms with E-state index in [0.717, 1.165) is 5.33 Å². The van der Waals surface area contributed by atoms with Gasteiger partial charge in [0.1, 0.15) is 0 Å². The molecule has 1 nitrogen and oxygen atoms in total. The quantitative estimate of drug-likeness (QED) is 0.479. The van der Waals surface area contributed by atoms with Crippen LogP contribution in [-0.2, 0) is 16.2 Å². The third-order valence-electron chi connectivity index (χ3n) is 4.87. The van der Waals surface area contributed by atoms with E-state index in [2.05, 4.69) is 68.0 Å². The lowest BCUT2D eigenvalue weighted by Gasteiger charge is -2.41. The van der Waals surface area contributed by atoms with Crippen LogP contribution in [0, 0.1) is 0 Å². The van der Waals surface area contributed by atoms with Crippen molar-refractivity contribution in [2.45, 2.75) is 69.6 Å². The number of hydrogen-bond acceptors (Lipinski definition) is 1. The van der Waals surface area contributed by atoms with Crippen LogP contribution in [0.4, 0.5) is 0 Å². The van der Waals surface area contributed by atoms with Gasteiger partial charge in [0.05, 0.1) is 6.10 Å². The van der Waals surface area contributed by atoms with E-state index in [-0.39, 0.29) is 5.04 Å². The third-order valence-corrected chi connectivity index (χ3v) is 10.0. The fourth-order valence-electron chi connectivity index (χ4n) is 2.54. The molecule has 3 heteroatoms. The van der Waals surface area contributed by atoms with Crippen molar-refractivity contribution in [3.63, 3.8) is 0 Å². The van der Waals surface area contributed by atoms with Gasteiger partial charge >= 0.3 is 0 Å². The zero-order valence-corrected chi connectivity index (χ0v) is 16.0. The van der Waals surface area contributed by atoms with Crippen LogP contribution in [0.3, 0.4) is 0 Å². The van der Waals surface area contributed by atoms with E-state index in [4.69, 9.17) is 4.43 Å². The molecule has 1 unspecified atom stereocenters. The van der Waals surface area contributed by atoms with E-state index in [9.17, 15) is 0 Å². The van der Waals surface area contributed by atoms with E-state index in [1.807, 2.05) is 0 Å². The minimum atomic E-state index is -1.70. The molecule has 1 atom stereocenters. The molecule has 0 radical (unpaired) electrons. The first kappa shape index (κ1) is 16.3. The zero-order valence-electron chi connectivity index (χ0n) is 13.4. The first-order valence-electron chi connectivity index (χ1n) is 7.60. The molecule has 0 aromatic heterocycles. The van der Waals surface area contributed by atoms with E-state index >= 15 is 0 Å². The molecule has 0 heterocycles. The van der Waals surface area contributed by atoms with E-state index < -0.39 is 8.32 Å². The molecule has 0 aliphatic heterocycles. The van der Waals surface area contributed by atoms with Crippen LogP contribution in [-0.4, -0.2) is 8.32 Å². The second-order valence-electron chi connectivity index (χ2n) is 7.43. The molecule has 20 heavy (non-hydrogen) atoms. The Balaban J connectivity index is 2.28. The van der Waals surface area contributed by atoms with E-state index in [1.54, 1.807) is 0 Å². The van der Waals surface area contributed by atoms with Gasteiger partial charge in [-0.15, -0.1) is 0 Å². The minimum Gasteiger partial charge on any atom is -0.410 e. The van der Waals surface area contributed by atoms with Gasteiger partial charge in [0, 0.05) is 5.33 Å². The van der Waals surface area contributed by atoms with Crippen LogP contribution in [0.1, 0.15) is 56.4 Å². The largest absolute Gasteiger partial charge is 0.410 e. The Bertz CT molecular complexity index is 476. The molecule has 0 spiro atoms. The summed E-state index contributed by atoms with van der Waals surface area (Å²) in [5.41, 5.74) is 4.29. The highest BCUT2D eigenvalue weighted by Gasteiger charge is 2.40. The first-order chi connectivity index (χ1) is 9.24. The average molecular weight is 355 g/mol. The van der Waals surface area contributed by atoms with Crippen molar-refractivity contribution in [1.82, 2.24) is 0 Å². The molecule has 1 aromatic carbocycles. The Morgan fingerprint density at radius 3 is 2.60 bits per heavy atom. The molecule has 0 saturated heterocycles. The predicted molar refractivity (Wildman–Crippen MR) is 93.0 cm³/mol. The van der Waals surface area contributed by atoms with Crippen molar-refractivity contribution in [1.29, 1.82) is 0 Å². The number of aryl methyl sites for hydroxylation is 1. The maximum atomic E-state index is 6.69. The van der Waals surface area contributed by atoms with E-state index in [0.29, 0.717) is 6.10 Å². The summed E-state index contributed by atoms with van der Waals surface area (Å²) in [7, 11) is -1.70. The van der Waals surface area contributed by atoms with Crippen LogP contribution < -0.4 is 0 Å². The van der Waals surface area contributed by atoms with Crippen molar-refractivity contribution >= 4 is 24.2 Å². The molecule has 0 N–H and O–H groups in total. The van der Waals surface area contributed by atoms with Crippen molar-refractivity contribution < 1.29 is 4.43 Å². The molecule has 2 rings (SSSR count). The van der Waals surface area contributed by atoms with E-state index in [1.165, 1.54) is 36.0 Å². The number of benzene rings is 1. The summed E-state index contributed by atoms with van der Waals surface area (Å²) in [5.74, 6) is 0. The molecule has 1 aromatic rings. The second-order valence-corrected chi connectivity index (χ2v) is 12.7. The van der Waals surface area contributed by atoms with Crippen LogP contribution in [0.2, 0.25) is 18.1 Å². The molecule has 1 aliphatic rings. The van der Waals surface area contributed by atoms with Crippen LogP contribution in [0.25, 0.3) is 0 Å². The van der Waals surface area contributed by atoms with Crippen molar-refractivity contribution in [3.8, 4) is 0 Å². The summed E-state index contributed by atoms with van der Waals surface area (Å²) in [5, 5.41) is 1.20. The maximum Gasteiger partial charge on any atom is 0.192 e. The zero-order chi connectivity index (χ0) is 15.0. The predicted octanol–water partition coefficient (Wildman–Crippen LogP) is 5.98. The molecule has 1 aliphatic carbocycles. The topological polar surface area (TPSA) is 9.23 Å². The third kappa shape index (κ3) is 3.37. The molecule has 0 amide bonds. The fourth-order valence-corrected chi connectivity index (χ4v) is 4.20. The number of fused-ring (bicyclic) bond motifs is 1. The fraction of sp³-hybridized carbons (Fsp3) is 0.647. The molecular formula is C17H27BrOSi. The Morgan fingerprint density at radius 2 is 2.00 bits per heavy atom. The number of rotatable bonds is 3. The molecular weight excluding hydrogens is 328 g/mol. The van der Waals surface area contributed by atoms with Crippen molar-refractivity contribution in [3.05, 3.63) is 34.9 Å². The van der Waals surface area contributed by atoms with Gasteiger partial charge in [-0.3, -0.25) is 0 Å². The lowest BCUT2D eigenvalue weighted by atomic mass is 9.88. The number of alkyl halides is 1. The smallest absolute Gasteiger partial charge is 0.192 e. The van der Waals surface area contributed by atoms with Gasteiger partial charge in [-0.1, -0.05) is 54.9 Å². The monoisotopic (exact) mass is 354 g/mol. The van der Waals surface area contributed by atoms with Gasteiger partial charge < -0.3 is 4.43 Å². The number of hydrogen-bond donors (Lipinski definition) is 0. The summed E-state index contributed by atoms with van der Waals surface area (Å²) in [6.07, 6.45) is 3.93. The van der Waals surface area contributed by atoms with Crippen LogP contribution in [0.5, 0.6) is 0 Å². The molecule has 0 fully saturated rings. The van der Waals surface area contributed by atoms with Crippen molar-refractivity contribution in [2.75, 3.05) is 0 Å². The highest BCUT2D eigenvalue weighted by Crippen LogP contribution is 2.43. The van der Waals surface area contributed by atoms with Gasteiger partial charge in [0.15, 0.2) is 8.32 Å². The first-order valence-corrected chi connectivity index (χ1v) is 11.6. The lowest BCUT2D eigenvalue weighted by molar-refractivity contribution is 0.163. The Morgan fingerprint density at radius 1 is 1.30 bits per heavy atom. The standard InChI is InChI=1S/C17H27BrOSi/c1-17(2,3)20(4,5)19-16-8-6-7-14-10-9-13(12-18)11-15(14)16/h9-11,16H,6-8,12H2,1-5H3. The summed E-state index contributed by atoms with van der Waals surface area (Å²) >= 11 is 3.57. The second kappa shape index (κ2) is 5.94. The average Bonchev–Trinajstić information content (AvgIpc) is 2.37. The Kier molecular flexibility index (Phi) is 4.82. The normalized spacial score (nSPS) is 19.8. The lowest BCUT2D eigenvalue weighted by Crippen LogP contribution is -2.42. The maximum absolute atomic E-state index is 6.69. The van der Waals surface area contributed by atoms with Crippen LogP contribution >= 0.6 is 15.9 Å². The summed E-state index contributed by atoms with van der Waals surface area (Å²) < 4.78 is 6.69.